The lowest BCUT2D eigenvalue weighted by atomic mass is 10.1. The van der Waals surface area contributed by atoms with Gasteiger partial charge in [0, 0.05) is 19.0 Å². The highest BCUT2D eigenvalue weighted by Gasteiger charge is 2.14. The second kappa shape index (κ2) is 7.89. The van der Waals surface area contributed by atoms with Crippen molar-refractivity contribution >= 4 is 5.91 Å². The zero-order valence-corrected chi connectivity index (χ0v) is 11.2. The molecule has 0 saturated heterocycles. The number of rotatable bonds is 6. The van der Waals surface area contributed by atoms with E-state index in [9.17, 15) is 4.79 Å². The van der Waals surface area contributed by atoms with Crippen molar-refractivity contribution in [3.05, 3.63) is 12.2 Å². The Labute approximate surface area is 113 Å². The Bertz CT molecular complexity index is 359. The number of aromatic nitrogens is 2. The van der Waals surface area contributed by atoms with Gasteiger partial charge in [0.15, 0.2) is 5.82 Å². The van der Waals surface area contributed by atoms with Crippen molar-refractivity contribution in [2.75, 3.05) is 13.1 Å². The molecule has 1 heterocycles. The van der Waals surface area contributed by atoms with E-state index in [1.165, 1.54) is 32.1 Å². The van der Waals surface area contributed by atoms with Crippen molar-refractivity contribution in [2.45, 2.75) is 51.0 Å². The average molecular weight is 266 g/mol. The highest BCUT2D eigenvalue weighted by Crippen LogP contribution is 2.16. The monoisotopic (exact) mass is 266 g/mol. The van der Waals surface area contributed by atoms with Crippen LogP contribution in [0.3, 0.4) is 0 Å². The van der Waals surface area contributed by atoms with Crippen LogP contribution in [0, 0.1) is 0 Å². The van der Waals surface area contributed by atoms with E-state index in [1.807, 2.05) is 0 Å². The van der Waals surface area contributed by atoms with Gasteiger partial charge < -0.3 is 15.2 Å². The quantitative estimate of drug-likeness (QED) is 0.594. The van der Waals surface area contributed by atoms with Crippen molar-refractivity contribution in [3.8, 4) is 0 Å². The fourth-order valence-electron chi connectivity index (χ4n) is 2.41. The third kappa shape index (κ3) is 5.38. The average Bonchev–Trinajstić information content (AvgIpc) is 2.79. The van der Waals surface area contributed by atoms with Crippen molar-refractivity contribution in [3.63, 3.8) is 0 Å². The molecule has 6 heteroatoms. The summed E-state index contributed by atoms with van der Waals surface area (Å²) in [6.45, 7) is 1.03. The minimum atomic E-state index is 0.0833. The summed E-state index contributed by atoms with van der Waals surface area (Å²) in [5.74, 6) is 0.747. The summed E-state index contributed by atoms with van der Waals surface area (Å²) in [4.78, 5) is 15.7. The molecule has 1 saturated carbocycles. The molecule has 1 aromatic heterocycles. The minimum Gasteiger partial charge on any atom is -0.352 e. The van der Waals surface area contributed by atoms with Gasteiger partial charge in [0.1, 0.15) is 0 Å². The second-order valence-corrected chi connectivity index (χ2v) is 5.03. The zero-order valence-electron chi connectivity index (χ0n) is 11.2. The van der Waals surface area contributed by atoms with E-state index in [4.69, 9.17) is 0 Å². The number of hydrogen-bond donors (Lipinski definition) is 2. The smallest absolute Gasteiger partial charge is 0.234 e. The van der Waals surface area contributed by atoms with Gasteiger partial charge >= 0.3 is 0 Å². The van der Waals surface area contributed by atoms with Gasteiger partial charge in [0.25, 0.3) is 0 Å². The Hall–Kier alpha value is -1.43. The molecule has 2 N–H and O–H groups in total. The van der Waals surface area contributed by atoms with E-state index >= 15 is 0 Å². The SMILES string of the molecule is O=C(CNCCc1ncon1)NC1CCCCCC1. The molecule has 2 rings (SSSR count). The van der Waals surface area contributed by atoms with Gasteiger partial charge in [0.2, 0.25) is 12.3 Å². The van der Waals surface area contributed by atoms with Gasteiger partial charge in [-0.1, -0.05) is 30.8 Å². The first-order chi connectivity index (χ1) is 9.34. The first kappa shape index (κ1) is 14.0. The standard InChI is InChI=1S/C13H22N4O2/c18-13(16-11-5-3-1-2-4-6-11)9-14-8-7-12-15-10-19-17-12/h10-11,14H,1-9H2,(H,16,18). The molecule has 19 heavy (non-hydrogen) atoms. The summed E-state index contributed by atoms with van der Waals surface area (Å²) in [7, 11) is 0. The molecule has 1 aliphatic carbocycles. The van der Waals surface area contributed by atoms with Crippen LogP contribution in [0.2, 0.25) is 0 Å². The third-order valence-electron chi connectivity index (χ3n) is 3.44. The normalized spacial score (nSPS) is 17.1. The van der Waals surface area contributed by atoms with Crippen LogP contribution in [-0.2, 0) is 11.2 Å². The Morgan fingerprint density at radius 1 is 1.32 bits per heavy atom. The molecular weight excluding hydrogens is 244 g/mol. The number of carbonyl (C=O) groups excluding carboxylic acids is 1. The Morgan fingerprint density at radius 3 is 2.79 bits per heavy atom. The van der Waals surface area contributed by atoms with E-state index in [1.54, 1.807) is 0 Å². The number of nitrogens with zero attached hydrogens (tertiary/aromatic N) is 2. The maximum Gasteiger partial charge on any atom is 0.234 e. The molecule has 1 fully saturated rings. The highest BCUT2D eigenvalue weighted by molar-refractivity contribution is 5.78. The molecule has 0 spiro atoms. The minimum absolute atomic E-state index is 0.0833. The molecule has 1 amide bonds. The van der Waals surface area contributed by atoms with Crippen LogP contribution in [0.1, 0.15) is 44.3 Å². The number of nitrogens with one attached hydrogen (secondary N) is 2. The summed E-state index contributed by atoms with van der Waals surface area (Å²) in [5.41, 5.74) is 0. The van der Waals surface area contributed by atoms with Gasteiger partial charge in [0.05, 0.1) is 6.54 Å². The Balaban J connectivity index is 1.56. The molecule has 0 unspecified atom stereocenters. The zero-order chi connectivity index (χ0) is 13.3. The predicted molar refractivity (Wildman–Crippen MR) is 70.5 cm³/mol. The summed E-state index contributed by atoms with van der Waals surface area (Å²) in [6.07, 6.45) is 9.29. The molecular formula is C13H22N4O2. The first-order valence-corrected chi connectivity index (χ1v) is 7.10. The van der Waals surface area contributed by atoms with Gasteiger partial charge in [-0.2, -0.15) is 4.98 Å². The van der Waals surface area contributed by atoms with Crippen LogP contribution in [0.25, 0.3) is 0 Å². The lowest BCUT2D eigenvalue weighted by Crippen LogP contribution is -2.40. The van der Waals surface area contributed by atoms with Crippen LogP contribution in [0.5, 0.6) is 0 Å². The van der Waals surface area contributed by atoms with E-state index < -0.39 is 0 Å². The maximum atomic E-state index is 11.8. The largest absolute Gasteiger partial charge is 0.352 e. The van der Waals surface area contributed by atoms with E-state index in [0.29, 0.717) is 31.4 Å². The number of amides is 1. The maximum absolute atomic E-state index is 11.8. The van der Waals surface area contributed by atoms with Crippen LogP contribution in [-0.4, -0.2) is 35.2 Å². The Morgan fingerprint density at radius 2 is 2.11 bits per heavy atom. The lowest BCUT2D eigenvalue weighted by molar-refractivity contribution is -0.121. The van der Waals surface area contributed by atoms with Crippen LogP contribution >= 0.6 is 0 Å². The second-order valence-electron chi connectivity index (χ2n) is 5.03. The molecule has 0 aliphatic heterocycles. The molecule has 0 bridgehead atoms. The van der Waals surface area contributed by atoms with Gasteiger partial charge in [-0.05, 0) is 12.8 Å². The molecule has 1 aliphatic rings. The summed E-state index contributed by atoms with van der Waals surface area (Å²) in [6, 6.07) is 0.369. The highest BCUT2D eigenvalue weighted by atomic mass is 16.5. The van der Waals surface area contributed by atoms with Gasteiger partial charge in [-0.3, -0.25) is 4.79 Å². The topological polar surface area (TPSA) is 80.1 Å². The first-order valence-electron chi connectivity index (χ1n) is 7.10. The van der Waals surface area contributed by atoms with Crippen molar-refractivity contribution in [2.24, 2.45) is 0 Å². The summed E-state index contributed by atoms with van der Waals surface area (Å²) in [5, 5.41) is 9.91. The fraction of sp³-hybridized carbons (Fsp3) is 0.769. The van der Waals surface area contributed by atoms with Gasteiger partial charge in [-0.25, -0.2) is 0 Å². The molecule has 0 atom stereocenters. The van der Waals surface area contributed by atoms with Crippen LogP contribution < -0.4 is 10.6 Å². The fourth-order valence-corrected chi connectivity index (χ4v) is 2.41. The molecule has 1 aromatic rings. The summed E-state index contributed by atoms with van der Waals surface area (Å²) < 4.78 is 4.64. The van der Waals surface area contributed by atoms with E-state index in [2.05, 4.69) is 25.3 Å². The predicted octanol–water partition coefficient (Wildman–Crippen LogP) is 1.04. The molecule has 0 aromatic carbocycles. The van der Waals surface area contributed by atoms with E-state index in [0.717, 1.165) is 12.8 Å². The van der Waals surface area contributed by atoms with Crippen molar-refractivity contribution < 1.29 is 9.32 Å². The molecule has 0 radical (unpaired) electrons. The lowest BCUT2D eigenvalue weighted by Gasteiger charge is -2.16. The number of hydrogen-bond acceptors (Lipinski definition) is 5. The number of carbonyl (C=O) groups is 1. The van der Waals surface area contributed by atoms with Gasteiger partial charge in [-0.15, -0.1) is 0 Å². The summed E-state index contributed by atoms with van der Waals surface area (Å²) >= 11 is 0. The van der Waals surface area contributed by atoms with Crippen molar-refractivity contribution in [1.82, 2.24) is 20.8 Å². The molecule has 106 valence electrons. The third-order valence-corrected chi connectivity index (χ3v) is 3.44. The van der Waals surface area contributed by atoms with E-state index in [-0.39, 0.29) is 5.91 Å². The van der Waals surface area contributed by atoms with Crippen LogP contribution in [0.4, 0.5) is 0 Å². The Kier molecular flexibility index (Phi) is 5.81. The van der Waals surface area contributed by atoms with Crippen molar-refractivity contribution in [1.29, 1.82) is 0 Å². The molecule has 6 nitrogen and oxygen atoms in total. The van der Waals surface area contributed by atoms with Crippen LogP contribution in [0.15, 0.2) is 10.9 Å².